The number of nitrogens with one attached hydrogen (secondary N) is 3. The fourth-order valence-electron chi connectivity index (χ4n) is 5.39. The van der Waals surface area contributed by atoms with E-state index in [1.165, 1.54) is 17.7 Å². The Labute approximate surface area is 276 Å². The van der Waals surface area contributed by atoms with Gasteiger partial charge >= 0.3 is 6.03 Å². The van der Waals surface area contributed by atoms with Gasteiger partial charge < -0.3 is 26.6 Å². The second-order valence-electron chi connectivity index (χ2n) is 13.4. The van der Waals surface area contributed by atoms with Crippen molar-refractivity contribution in [2.45, 2.75) is 125 Å². The molecule has 5 amide bonds. The molecule has 0 radical (unpaired) electrons. The quantitative estimate of drug-likeness (QED) is 0.176. The van der Waals surface area contributed by atoms with E-state index in [2.05, 4.69) is 35.7 Å². The molecule has 0 saturated carbocycles. The summed E-state index contributed by atoms with van der Waals surface area (Å²) < 4.78 is 0. The Bertz CT molecular complexity index is 1190. The molecule has 10 heteroatoms. The summed E-state index contributed by atoms with van der Waals surface area (Å²) in [5.74, 6) is -0.806. The number of likely N-dealkylation sites (tertiary alicyclic amines) is 1. The van der Waals surface area contributed by atoms with E-state index in [0.29, 0.717) is 25.8 Å². The van der Waals surface area contributed by atoms with E-state index in [-0.39, 0.29) is 30.7 Å². The Hall–Kier alpha value is -3.87. The smallest absolute Gasteiger partial charge is 0.315 e. The van der Waals surface area contributed by atoms with E-state index in [9.17, 15) is 24.0 Å². The Morgan fingerprint density at radius 3 is 2.09 bits per heavy atom. The van der Waals surface area contributed by atoms with Gasteiger partial charge in [-0.2, -0.15) is 0 Å². The summed E-state index contributed by atoms with van der Waals surface area (Å²) in [6.07, 6.45) is 10.1. The Kier molecular flexibility index (Phi) is 17.1. The number of rotatable bonds is 14. The molecule has 1 aromatic carbocycles. The van der Waals surface area contributed by atoms with Crippen LogP contribution in [0.5, 0.6) is 0 Å². The number of carbonyl (C=O) groups excluding carboxylic acids is 5. The predicted molar refractivity (Wildman–Crippen MR) is 182 cm³/mol. The standard InChI is InChI=1S/C32H47N5O5.C4H10/c1-8-10-16-24(26(38)28(33)39)35-29(40)25-23(20(3)4)17-18-37(25)30(41)27(32(5,6)7)36-31(42)34-22(9-2)19-21-14-12-11-13-15-21;1-3-4-2/h1,11-15,20,22-25,27H,9-10,16-19H2,2-7H3,(H2,33,39)(H,35,40)(H2,34,36,42);3-4H2,1-2H3/t22?,23-,24?,25+,27?;/m1./s1. The Morgan fingerprint density at radius 2 is 1.61 bits per heavy atom. The average Bonchev–Trinajstić information content (AvgIpc) is 3.47. The zero-order valence-electron chi connectivity index (χ0n) is 29.2. The number of ketones is 1. The third-order valence-corrected chi connectivity index (χ3v) is 8.35. The number of terminal acetylenes is 1. The van der Waals surface area contributed by atoms with Crippen LogP contribution in [0.4, 0.5) is 4.79 Å². The highest BCUT2D eigenvalue weighted by Gasteiger charge is 2.47. The number of hydrogen-bond donors (Lipinski definition) is 4. The minimum absolute atomic E-state index is 0.0437. The lowest BCUT2D eigenvalue weighted by molar-refractivity contribution is -0.144. The van der Waals surface area contributed by atoms with Gasteiger partial charge in [0.1, 0.15) is 12.1 Å². The zero-order valence-corrected chi connectivity index (χ0v) is 29.2. The van der Waals surface area contributed by atoms with E-state index < -0.39 is 53.1 Å². The maximum Gasteiger partial charge on any atom is 0.315 e. The van der Waals surface area contributed by atoms with E-state index in [1.54, 1.807) is 0 Å². The van der Waals surface area contributed by atoms with Gasteiger partial charge in [-0.15, -0.1) is 12.3 Å². The second-order valence-corrected chi connectivity index (χ2v) is 13.4. The molecule has 5 N–H and O–H groups in total. The summed E-state index contributed by atoms with van der Waals surface area (Å²) in [4.78, 5) is 66.5. The molecule has 1 fully saturated rings. The topological polar surface area (TPSA) is 151 Å². The van der Waals surface area contributed by atoms with Crippen molar-refractivity contribution in [3.63, 3.8) is 0 Å². The van der Waals surface area contributed by atoms with Crippen LogP contribution in [-0.4, -0.2) is 65.1 Å². The van der Waals surface area contributed by atoms with E-state index in [4.69, 9.17) is 12.2 Å². The summed E-state index contributed by atoms with van der Waals surface area (Å²) in [5.41, 5.74) is 5.62. The number of nitrogens with zero attached hydrogens (tertiary/aromatic N) is 1. The largest absolute Gasteiger partial charge is 0.363 e. The maximum atomic E-state index is 14.1. The fourth-order valence-corrected chi connectivity index (χ4v) is 5.39. The molecule has 5 atom stereocenters. The van der Waals surface area contributed by atoms with Gasteiger partial charge in [-0.25, -0.2) is 4.79 Å². The number of carbonyl (C=O) groups is 5. The van der Waals surface area contributed by atoms with Gasteiger partial charge in [0.15, 0.2) is 0 Å². The molecule has 0 spiro atoms. The molecule has 256 valence electrons. The van der Waals surface area contributed by atoms with Crippen molar-refractivity contribution < 1.29 is 24.0 Å². The SMILES string of the molecule is C#CCCC(NC(=O)[C@@H]1[C@@H](C(C)C)CCN1C(=O)C(NC(=O)NC(CC)Cc1ccccc1)C(C)(C)C)C(=O)C(N)=O.CCCC. The van der Waals surface area contributed by atoms with E-state index in [1.807, 2.05) is 71.9 Å². The van der Waals surface area contributed by atoms with Crippen molar-refractivity contribution in [1.29, 1.82) is 0 Å². The van der Waals surface area contributed by atoms with E-state index >= 15 is 0 Å². The summed E-state index contributed by atoms with van der Waals surface area (Å²) in [6.45, 7) is 16.1. The van der Waals surface area contributed by atoms with Gasteiger partial charge in [0.2, 0.25) is 17.6 Å². The van der Waals surface area contributed by atoms with Crippen molar-refractivity contribution >= 4 is 29.5 Å². The second kappa shape index (κ2) is 19.6. The average molecular weight is 640 g/mol. The highest BCUT2D eigenvalue weighted by molar-refractivity contribution is 6.37. The third-order valence-electron chi connectivity index (χ3n) is 8.35. The summed E-state index contributed by atoms with van der Waals surface area (Å²) in [7, 11) is 0. The zero-order chi connectivity index (χ0) is 35.0. The normalized spacial score (nSPS) is 17.9. The first-order chi connectivity index (χ1) is 21.6. The van der Waals surface area contributed by atoms with Gasteiger partial charge in [-0.1, -0.05) is 98.6 Å². The molecule has 3 unspecified atom stereocenters. The highest BCUT2D eigenvalue weighted by Crippen LogP contribution is 2.33. The van der Waals surface area contributed by atoms with Crippen molar-refractivity contribution in [2.24, 2.45) is 23.0 Å². The molecule has 10 nitrogen and oxygen atoms in total. The fraction of sp³-hybridized carbons (Fsp3) is 0.639. The third kappa shape index (κ3) is 12.5. The Balaban J connectivity index is 0.00000249. The monoisotopic (exact) mass is 639 g/mol. The minimum Gasteiger partial charge on any atom is -0.363 e. The van der Waals surface area contributed by atoms with Gasteiger partial charge in [-0.05, 0) is 48.5 Å². The first-order valence-electron chi connectivity index (χ1n) is 16.6. The van der Waals surface area contributed by atoms with Crippen LogP contribution in [0.15, 0.2) is 30.3 Å². The van der Waals surface area contributed by atoms with Crippen LogP contribution in [0.1, 0.15) is 99.5 Å². The maximum absolute atomic E-state index is 14.1. The molecule has 1 aliphatic rings. The van der Waals surface area contributed by atoms with Crippen molar-refractivity contribution in [3.8, 4) is 12.3 Å². The molecule has 1 aliphatic heterocycles. The molecule has 2 rings (SSSR count). The number of nitrogens with two attached hydrogens (primary N) is 1. The van der Waals surface area contributed by atoms with Crippen LogP contribution in [-0.2, 0) is 25.6 Å². The summed E-state index contributed by atoms with van der Waals surface area (Å²) in [6, 6.07) is 6.22. The van der Waals surface area contributed by atoms with Gasteiger partial charge in [0.25, 0.3) is 5.91 Å². The predicted octanol–water partition coefficient (Wildman–Crippen LogP) is 4.35. The molecular weight excluding hydrogens is 582 g/mol. The van der Waals surface area contributed by atoms with Crippen LogP contribution in [0, 0.1) is 29.6 Å². The lowest BCUT2D eigenvalue weighted by Gasteiger charge is -2.37. The van der Waals surface area contributed by atoms with Gasteiger partial charge in [-0.3, -0.25) is 19.2 Å². The van der Waals surface area contributed by atoms with Crippen molar-refractivity contribution in [2.75, 3.05) is 6.54 Å². The number of Topliss-reactive ketones (excluding diaryl/α,β-unsaturated/α-hetero) is 1. The molecule has 0 aromatic heterocycles. The molecular formula is C36H57N5O5. The summed E-state index contributed by atoms with van der Waals surface area (Å²) in [5, 5.41) is 8.52. The first-order valence-corrected chi connectivity index (χ1v) is 16.6. The lowest BCUT2D eigenvalue weighted by Crippen LogP contribution is -2.61. The van der Waals surface area contributed by atoms with Crippen LogP contribution in [0.25, 0.3) is 0 Å². The molecule has 0 aliphatic carbocycles. The van der Waals surface area contributed by atoms with Crippen molar-refractivity contribution in [1.82, 2.24) is 20.9 Å². The van der Waals surface area contributed by atoms with Crippen LogP contribution in [0.2, 0.25) is 0 Å². The molecule has 1 aromatic rings. The van der Waals surface area contributed by atoms with Gasteiger partial charge in [0, 0.05) is 19.0 Å². The lowest BCUT2D eigenvalue weighted by atomic mass is 9.84. The number of unbranched alkanes of at least 4 members (excludes halogenated alkanes) is 1. The highest BCUT2D eigenvalue weighted by atomic mass is 16.2. The van der Waals surface area contributed by atoms with Crippen LogP contribution < -0.4 is 21.7 Å². The number of benzene rings is 1. The molecule has 46 heavy (non-hydrogen) atoms. The number of amides is 5. The van der Waals surface area contributed by atoms with Gasteiger partial charge in [0.05, 0.1) is 6.04 Å². The van der Waals surface area contributed by atoms with Crippen LogP contribution >= 0.6 is 0 Å². The molecule has 1 heterocycles. The van der Waals surface area contributed by atoms with E-state index in [0.717, 1.165) is 5.56 Å². The first kappa shape index (κ1) is 40.2. The summed E-state index contributed by atoms with van der Waals surface area (Å²) >= 11 is 0. The number of primary amides is 1. The molecule has 0 bridgehead atoms. The number of hydrogen-bond acceptors (Lipinski definition) is 5. The minimum atomic E-state index is -1.19. The Morgan fingerprint density at radius 1 is 1.00 bits per heavy atom. The molecule has 1 saturated heterocycles. The number of urea groups is 1. The van der Waals surface area contributed by atoms with Crippen molar-refractivity contribution in [3.05, 3.63) is 35.9 Å². The van der Waals surface area contributed by atoms with Crippen LogP contribution in [0.3, 0.4) is 0 Å².